The topological polar surface area (TPSA) is 75.7 Å². The zero-order chi connectivity index (χ0) is 25.1. The molecular weight excluding hydrogens is 452 g/mol. The number of para-hydroxylation sites is 1. The Hall–Kier alpha value is -4.71. The van der Waals surface area contributed by atoms with E-state index in [0.717, 1.165) is 5.56 Å². The summed E-state index contributed by atoms with van der Waals surface area (Å²) in [5.74, 6) is -0.915. The van der Waals surface area contributed by atoms with Crippen LogP contribution in [-0.4, -0.2) is 24.7 Å². The van der Waals surface area contributed by atoms with Gasteiger partial charge in [0.05, 0.1) is 12.8 Å². The van der Waals surface area contributed by atoms with Gasteiger partial charge in [-0.05, 0) is 47.5 Å². The Morgan fingerprint density at radius 3 is 2.08 bits per heavy atom. The van der Waals surface area contributed by atoms with Crippen LogP contribution in [-0.2, 0) is 16.9 Å². The van der Waals surface area contributed by atoms with Gasteiger partial charge in [-0.3, -0.25) is 19.3 Å². The van der Waals surface area contributed by atoms with Crippen molar-refractivity contribution in [2.75, 3.05) is 12.0 Å². The van der Waals surface area contributed by atoms with Crippen molar-refractivity contribution in [1.82, 2.24) is 5.32 Å². The first-order valence-corrected chi connectivity index (χ1v) is 11.6. The van der Waals surface area contributed by atoms with E-state index >= 15 is 0 Å². The molecule has 36 heavy (non-hydrogen) atoms. The molecule has 2 amide bonds. The first-order valence-electron chi connectivity index (χ1n) is 11.6. The van der Waals surface area contributed by atoms with E-state index in [2.05, 4.69) is 5.32 Å². The quantitative estimate of drug-likeness (QED) is 0.408. The lowest BCUT2D eigenvalue weighted by molar-refractivity contribution is -0.125. The number of ether oxygens (including phenoxy) is 1. The van der Waals surface area contributed by atoms with E-state index in [1.54, 1.807) is 79.9 Å². The van der Waals surface area contributed by atoms with E-state index in [-0.39, 0.29) is 6.54 Å². The number of carbonyl (C=O) groups is 3. The van der Waals surface area contributed by atoms with E-state index in [1.165, 1.54) is 4.90 Å². The molecule has 4 aromatic rings. The van der Waals surface area contributed by atoms with Crippen LogP contribution < -0.4 is 15.0 Å². The lowest BCUT2D eigenvalue weighted by atomic mass is 9.83. The number of hydrogen-bond donors (Lipinski definition) is 1. The van der Waals surface area contributed by atoms with E-state index in [9.17, 15) is 14.4 Å². The van der Waals surface area contributed by atoms with Crippen LogP contribution in [0.3, 0.4) is 0 Å². The average molecular weight is 477 g/mol. The molecule has 0 radical (unpaired) electrons. The lowest BCUT2D eigenvalue weighted by Gasteiger charge is -2.36. The van der Waals surface area contributed by atoms with Gasteiger partial charge in [0.1, 0.15) is 5.75 Å². The highest BCUT2D eigenvalue weighted by Crippen LogP contribution is 2.46. The van der Waals surface area contributed by atoms with Crippen molar-refractivity contribution in [2.45, 2.75) is 12.1 Å². The van der Waals surface area contributed by atoms with Crippen LogP contribution in [0.2, 0.25) is 0 Å². The molecule has 4 aromatic carbocycles. The number of anilines is 1. The third-order valence-corrected chi connectivity index (χ3v) is 6.41. The number of hydrogen-bond acceptors (Lipinski definition) is 4. The lowest BCUT2D eigenvalue weighted by Crippen LogP contribution is -2.60. The zero-order valence-electron chi connectivity index (χ0n) is 19.7. The summed E-state index contributed by atoms with van der Waals surface area (Å²) in [5.41, 5.74) is 0.390. The molecule has 1 unspecified atom stereocenters. The Bertz CT molecular complexity index is 1420. The summed E-state index contributed by atoms with van der Waals surface area (Å²) >= 11 is 0. The minimum atomic E-state index is -1.93. The van der Waals surface area contributed by atoms with Crippen molar-refractivity contribution in [3.63, 3.8) is 0 Å². The van der Waals surface area contributed by atoms with Gasteiger partial charge in [-0.1, -0.05) is 72.8 Å². The van der Waals surface area contributed by atoms with Gasteiger partial charge in [0.2, 0.25) is 11.3 Å². The zero-order valence-corrected chi connectivity index (χ0v) is 19.7. The fraction of sp³-hybridized carbons (Fsp3) is 0.100. The molecule has 178 valence electrons. The number of Topliss-reactive ketones (excluding diaryl/α,β-unsaturated/α-hetero) is 1. The molecule has 0 aromatic heterocycles. The second-order valence-electron chi connectivity index (χ2n) is 8.46. The third-order valence-electron chi connectivity index (χ3n) is 6.41. The molecule has 0 aliphatic carbocycles. The minimum absolute atomic E-state index is 0.203. The number of fused-ring (bicyclic) bond motifs is 1. The van der Waals surface area contributed by atoms with Gasteiger partial charge in [-0.2, -0.15) is 0 Å². The third kappa shape index (κ3) is 3.73. The number of rotatable bonds is 6. The fourth-order valence-electron chi connectivity index (χ4n) is 4.64. The molecule has 1 aliphatic heterocycles. The summed E-state index contributed by atoms with van der Waals surface area (Å²) < 4.78 is 5.30. The monoisotopic (exact) mass is 476 g/mol. The second kappa shape index (κ2) is 9.50. The maximum atomic E-state index is 14.2. The molecule has 1 aliphatic rings. The largest absolute Gasteiger partial charge is 0.497 e. The SMILES string of the molecule is COc1ccc(C2(C(=O)NCc3ccccc3)C(=O)c3ccccc3N2C(=O)c2ccccc2)cc1. The summed E-state index contributed by atoms with van der Waals surface area (Å²) in [7, 11) is 1.54. The standard InChI is InChI=1S/C30H24N2O4/c1-36-24-18-16-23(17-19-24)30(29(35)31-20-21-10-4-2-5-11-21)27(33)25-14-8-9-15-26(25)32(30)28(34)22-12-6-3-7-13-22/h2-19H,20H2,1H3,(H,31,35). The summed E-state index contributed by atoms with van der Waals surface area (Å²) in [5, 5.41) is 2.93. The van der Waals surface area contributed by atoms with Gasteiger partial charge in [0.15, 0.2) is 0 Å². The molecule has 0 bridgehead atoms. The van der Waals surface area contributed by atoms with Gasteiger partial charge in [-0.15, -0.1) is 0 Å². The fourth-order valence-corrected chi connectivity index (χ4v) is 4.64. The number of carbonyl (C=O) groups excluding carboxylic acids is 3. The Morgan fingerprint density at radius 2 is 1.42 bits per heavy atom. The molecule has 0 saturated heterocycles. The Morgan fingerprint density at radius 1 is 0.806 bits per heavy atom. The molecular formula is C30H24N2O4. The summed E-state index contributed by atoms with van der Waals surface area (Å²) in [6.45, 7) is 0.203. The molecule has 6 heteroatoms. The smallest absolute Gasteiger partial charge is 0.259 e. The van der Waals surface area contributed by atoms with Crippen molar-refractivity contribution in [1.29, 1.82) is 0 Å². The highest BCUT2D eigenvalue weighted by Gasteiger charge is 2.60. The normalized spacial score (nSPS) is 16.4. The van der Waals surface area contributed by atoms with Gasteiger partial charge >= 0.3 is 0 Å². The highest BCUT2D eigenvalue weighted by molar-refractivity contribution is 6.32. The predicted molar refractivity (Wildman–Crippen MR) is 137 cm³/mol. The summed E-state index contributed by atoms with van der Waals surface area (Å²) in [4.78, 5) is 43.7. The van der Waals surface area contributed by atoms with Crippen LogP contribution >= 0.6 is 0 Å². The van der Waals surface area contributed by atoms with Gasteiger partial charge in [0.25, 0.3) is 11.8 Å². The van der Waals surface area contributed by atoms with Gasteiger partial charge < -0.3 is 10.1 Å². The number of methoxy groups -OCH3 is 1. The first kappa shape index (κ1) is 23.1. The second-order valence-corrected chi connectivity index (χ2v) is 8.46. The molecule has 1 heterocycles. The summed E-state index contributed by atoms with van der Waals surface area (Å²) in [6, 6.07) is 31.6. The van der Waals surface area contributed by atoms with Crippen molar-refractivity contribution in [3.8, 4) is 5.75 Å². The number of nitrogens with one attached hydrogen (secondary N) is 1. The molecule has 0 spiro atoms. The molecule has 0 saturated carbocycles. The number of ketones is 1. The van der Waals surface area contributed by atoms with Crippen molar-refractivity contribution in [3.05, 3.63) is 131 Å². The maximum absolute atomic E-state index is 14.2. The molecule has 0 fully saturated rings. The van der Waals surface area contributed by atoms with Crippen molar-refractivity contribution >= 4 is 23.3 Å². The Labute approximate surface area is 209 Å². The van der Waals surface area contributed by atoms with E-state index in [1.807, 2.05) is 36.4 Å². The van der Waals surface area contributed by atoms with Crippen molar-refractivity contribution in [2.24, 2.45) is 0 Å². The van der Waals surface area contributed by atoms with Crippen LogP contribution in [0.15, 0.2) is 109 Å². The Kier molecular flexibility index (Phi) is 6.09. The van der Waals surface area contributed by atoms with E-state index in [0.29, 0.717) is 28.1 Å². The molecule has 6 nitrogen and oxygen atoms in total. The number of amides is 2. The van der Waals surface area contributed by atoms with Crippen LogP contribution in [0.5, 0.6) is 5.75 Å². The van der Waals surface area contributed by atoms with Crippen LogP contribution in [0.4, 0.5) is 5.69 Å². The highest BCUT2D eigenvalue weighted by atomic mass is 16.5. The first-order chi connectivity index (χ1) is 17.6. The van der Waals surface area contributed by atoms with Crippen molar-refractivity contribution < 1.29 is 19.1 Å². The van der Waals surface area contributed by atoms with E-state index < -0.39 is 23.1 Å². The molecule has 1 N–H and O–H groups in total. The predicted octanol–water partition coefficient (Wildman–Crippen LogP) is 4.75. The number of nitrogens with zero attached hydrogens (tertiary/aromatic N) is 1. The van der Waals surface area contributed by atoms with Gasteiger partial charge in [0, 0.05) is 17.7 Å². The van der Waals surface area contributed by atoms with E-state index in [4.69, 9.17) is 4.74 Å². The minimum Gasteiger partial charge on any atom is -0.497 e. The van der Waals surface area contributed by atoms with Crippen LogP contribution in [0.1, 0.15) is 31.8 Å². The van der Waals surface area contributed by atoms with Gasteiger partial charge in [-0.25, -0.2) is 0 Å². The molecule has 1 atom stereocenters. The summed E-state index contributed by atoms with van der Waals surface area (Å²) in [6.07, 6.45) is 0. The number of benzene rings is 4. The average Bonchev–Trinajstić information content (AvgIpc) is 3.21. The van der Waals surface area contributed by atoms with Crippen LogP contribution in [0, 0.1) is 0 Å². The molecule has 5 rings (SSSR count). The van der Waals surface area contributed by atoms with Crippen LogP contribution in [0.25, 0.3) is 0 Å². The Balaban J connectivity index is 1.70. The maximum Gasteiger partial charge on any atom is 0.259 e.